The highest BCUT2D eigenvalue weighted by Crippen LogP contribution is 2.27. The van der Waals surface area contributed by atoms with E-state index in [0.717, 1.165) is 26.1 Å². The van der Waals surface area contributed by atoms with Crippen LogP contribution in [0.2, 0.25) is 0 Å². The Bertz CT molecular complexity index is 408. The second kappa shape index (κ2) is 6.56. The maximum atomic E-state index is 6.03. The number of hydrogen-bond acceptors (Lipinski definition) is 6. The molecule has 1 aliphatic heterocycles. The normalized spacial score (nSPS) is 20.2. The molecule has 19 heavy (non-hydrogen) atoms. The Kier molecular flexibility index (Phi) is 4.79. The molecule has 0 spiro atoms. The van der Waals surface area contributed by atoms with Crippen molar-refractivity contribution in [1.82, 2.24) is 9.97 Å². The lowest BCUT2D eigenvalue weighted by atomic mass is 10.0. The van der Waals surface area contributed by atoms with Crippen LogP contribution in [0, 0.1) is 5.92 Å². The van der Waals surface area contributed by atoms with E-state index in [1.165, 1.54) is 6.33 Å². The molecule has 0 saturated carbocycles. The Labute approximate surface area is 113 Å². The van der Waals surface area contributed by atoms with Crippen molar-refractivity contribution in [2.45, 2.75) is 32.7 Å². The monoisotopic (exact) mass is 266 g/mol. The summed E-state index contributed by atoms with van der Waals surface area (Å²) < 4.78 is 10.9. The smallest absolute Gasteiger partial charge is 0.242 e. The maximum Gasteiger partial charge on any atom is 0.242 e. The summed E-state index contributed by atoms with van der Waals surface area (Å²) in [5, 5.41) is 3.33. The van der Waals surface area contributed by atoms with Crippen LogP contribution >= 0.6 is 0 Å². The first-order valence-electron chi connectivity index (χ1n) is 6.80. The van der Waals surface area contributed by atoms with E-state index in [2.05, 4.69) is 22.2 Å². The zero-order valence-corrected chi connectivity index (χ0v) is 11.6. The predicted octanol–water partition coefficient (Wildman–Crippen LogP) is 1.68. The number of hydrogen-bond donors (Lipinski definition) is 2. The van der Waals surface area contributed by atoms with E-state index in [9.17, 15) is 0 Å². The predicted molar refractivity (Wildman–Crippen MR) is 74.2 cm³/mol. The Morgan fingerprint density at radius 1 is 1.58 bits per heavy atom. The van der Waals surface area contributed by atoms with Crippen molar-refractivity contribution in [3.63, 3.8) is 0 Å². The van der Waals surface area contributed by atoms with Crippen LogP contribution in [0.3, 0.4) is 0 Å². The van der Waals surface area contributed by atoms with Crippen molar-refractivity contribution in [3.8, 4) is 5.88 Å². The van der Waals surface area contributed by atoms with E-state index < -0.39 is 0 Å². The molecule has 0 radical (unpaired) electrons. The lowest BCUT2D eigenvalue weighted by molar-refractivity contribution is 0.183. The van der Waals surface area contributed by atoms with E-state index in [4.69, 9.17) is 15.2 Å². The fourth-order valence-corrected chi connectivity index (χ4v) is 2.09. The Hall–Kier alpha value is -1.56. The van der Waals surface area contributed by atoms with Crippen molar-refractivity contribution in [3.05, 3.63) is 6.33 Å². The van der Waals surface area contributed by atoms with Crippen LogP contribution in [0.25, 0.3) is 0 Å². The minimum Gasteiger partial charge on any atom is -0.476 e. The van der Waals surface area contributed by atoms with Crippen LogP contribution in [0.1, 0.15) is 26.7 Å². The minimum atomic E-state index is 0.263. The summed E-state index contributed by atoms with van der Waals surface area (Å²) in [5.41, 5.74) is 6.50. The summed E-state index contributed by atoms with van der Waals surface area (Å²) >= 11 is 0. The number of nitrogens with zero attached hydrogens (tertiary/aromatic N) is 2. The highest BCUT2D eigenvalue weighted by Gasteiger charge is 2.23. The highest BCUT2D eigenvalue weighted by molar-refractivity contribution is 5.66. The van der Waals surface area contributed by atoms with E-state index in [-0.39, 0.29) is 6.04 Å². The molecule has 3 N–H and O–H groups in total. The van der Waals surface area contributed by atoms with Gasteiger partial charge in [0.15, 0.2) is 5.82 Å². The first-order valence-corrected chi connectivity index (χ1v) is 6.80. The van der Waals surface area contributed by atoms with Crippen molar-refractivity contribution >= 4 is 11.5 Å². The highest BCUT2D eigenvalue weighted by atomic mass is 16.5. The van der Waals surface area contributed by atoms with Crippen LogP contribution in [-0.4, -0.2) is 35.8 Å². The van der Waals surface area contributed by atoms with Gasteiger partial charge in [0.05, 0.1) is 13.2 Å². The van der Waals surface area contributed by atoms with Gasteiger partial charge in [-0.05, 0) is 19.8 Å². The Balaban J connectivity index is 2.02. The number of nitrogens with one attached hydrogen (secondary N) is 1. The number of aromatic nitrogens is 2. The molecule has 2 rings (SSSR count). The van der Waals surface area contributed by atoms with Crippen LogP contribution in [0.15, 0.2) is 6.33 Å². The lowest BCUT2D eigenvalue weighted by Crippen LogP contribution is -2.27. The van der Waals surface area contributed by atoms with Gasteiger partial charge in [-0.3, -0.25) is 0 Å². The average molecular weight is 266 g/mol. The third-order valence-corrected chi connectivity index (χ3v) is 3.33. The molecule has 6 heteroatoms. The molecule has 6 nitrogen and oxygen atoms in total. The fourth-order valence-electron chi connectivity index (χ4n) is 2.09. The van der Waals surface area contributed by atoms with Crippen LogP contribution in [-0.2, 0) is 4.74 Å². The van der Waals surface area contributed by atoms with Crippen molar-refractivity contribution in [2.24, 2.45) is 5.92 Å². The van der Waals surface area contributed by atoms with Gasteiger partial charge in [0, 0.05) is 18.6 Å². The molecule has 106 valence electrons. The van der Waals surface area contributed by atoms with E-state index in [1.807, 2.05) is 6.92 Å². The van der Waals surface area contributed by atoms with Crippen LogP contribution < -0.4 is 15.8 Å². The molecule has 2 unspecified atom stereocenters. The largest absolute Gasteiger partial charge is 0.476 e. The molecular formula is C13H22N4O2. The molecule has 1 aromatic heterocycles. The SMILES string of the molecule is CCCOc1ncnc(NC(C)C2CCOC2)c1N. The second-order valence-corrected chi connectivity index (χ2v) is 4.85. The topological polar surface area (TPSA) is 82.3 Å². The number of rotatable bonds is 6. The van der Waals surface area contributed by atoms with Crippen molar-refractivity contribution < 1.29 is 9.47 Å². The van der Waals surface area contributed by atoms with Gasteiger partial charge in [0.2, 0.25) is 5.88 Å². The minimum absolute atomic E-state index is 0.263. The first-order chi connectivity index (χ1) is 9.22. The lowest BCUT2D eigenvalue weighted by Gasteiger charge is -2.21. The van der Waals surface area contributed by atoms with E-state index >= 15 is 0 Å². The van der Waals surface area contributed by atoms with Gasteiger partial charge in [-0.15, -0.1) is 0 Å². The summed E-state index contributed by atoms with van der Waals surface area (Å²) in [7, 11) is 0. The van der Waals surface area contributed by atoms with E-state index in [1.54, 1.807) is 0 Å². The molecular weight excluding hydrogens is 244 g/mol. The quantitative estimate of drug-likeness (QED) is 0.815. The third kappa shape index (κ3) is 3.47. The summed E-state index contributed by atoms with van der Waals surface area (Å²) in [5.74, 6) is 1.59. The van der Waals surface area contributed by atoms with Crippen molar-refractivity contribution in [2.75, 3.05) is 30.9 Å². The van der Waals surface area contributed by atoms with Gasteiger partial charge in [0.25, 0.3) is 0 Å². The number of nitrogen functional groups attached to an aromatic ring is 1. The average Bonchev–Trinajstić information content (AvgIpc) is 2.94. The standard InChI is InChI=1S/C13H22N4O2/c1-3-5-19-13-11(14)12(15-8-16-13)17-9(2)10-4-6-18-7-10/h8-10H,3-7,14H2,1-2H3,(H,15,16,17). The van der Waals surface area contributed by atoms with Gasteiger partial charge in [-0.1, -0.05) is 6.92 Å². The summed E-state index contributed by atoms with van der Waals surface area (Å²) in [6, 6.07) is 0.263. The molecule has 2 atom stereocenters. The Morgan fingerprint density at radius 3 is 3.11 bits per heavy atom. The van der Waals surface area contributed by atoms with Crippen LogP contribution in [0.4, 0.5) is 11.5 Å². The van der Waals surface area contributed by atoms with Crippen LogP contribution in [0.5, 0.6) is 5.88 Å². The molecule has 1 saturated heterocycles. The molecule has 1 fully saturated rings. The summed E-state index contributed by atoms with van der Waals surface area (Å²) in [6.45, 7) is 6.39. The van der Waals surface area contributed by atoms with Gasteiger partial charge in [-0.2, -0.15) is 4.98 Å². The number of ether oxygens (including phenoxy) is 2. The Morgan fingerprint density at radius 2 is 2.42 bits per heavy atom. The molecule has 0 bridgehead atoms. The maximum absolute atomic E-state index is 6.03. The number of anilines is 2. The second-order valence-electron chi connectivity index (χ2n) is 4.85. The molecule has 2 heterocycles. The molecule has 0 aliphatic carbocycles. The third-order valence-electron chi connectivity index (χ3n) is 3.33. The fraction of sp³-hybridized carbons (Fsp3) is 0.692. The van der Waals surface area contributed by atoms with E-state index in [0.29, 0.717) is 29.9 Å². The van der Waals surface area contributed by atoms with Gasteiger partial charge in [-0.25, -0.2) is 4.98 Å². The van der Waals surface area contributed by atoms with Gasteiger partial charge >= 0.3 is 0 Å². The zero-order valence-electron chi connectivity index (χ0n) is 11.6. The molecule has 0 aromatic carbocycles. The molecule has 1 aromatic rings. The molecule has 0 amide bonds. The van der Waals surface area contributed by atoms with Gasteiger partial charge in [0.1, 0.15) is 12.0 Å². The van der Waals surface area contributed by atoms with Gasteiger partial charge < -0.3 is 20.5 Å². The molecule has 1 aliphatic rings. The van der Waals surface area contributed by atoms with Crippen molar-refractivity contribution in [1.29, 1.82) is 0 Å². The number of nitrogens with two attached hydrogens (primary N) is 1. The zero-order chi connectivity index (χ0) is 13.7. The summed E-state index contributed by atoms with van der Waals surface area (Å²) in [6.07, 6.45) is 3.46. The summed E-state index contributed by atoms with van der Waals surface area (Å²) in [4.78, 5) is 8.25. The first kappa shape index (κ1) is 13.9.